The molecule has 1 unspecified atom stereocenters. The Bertz CT molecular complexity index is 186. The molecule has 0 fully saturated rings. The maximum Gasteiger partial charge on any atom is 0.184 e. The van der Waals surface area contributed by atoms with Gasteiger partial charge in [-0.1, -0.05) is 71.6 Å². The van der Waals surface area contributed by atoms with Crippen molar-refractivity contribution in [3.63, 3.8) is 0 Å². The summed E-state index contributed by atoms with van der Waals surface area (Å²) in [6, 6.07) is 0. The summed E-state index contributed by atoms with van der Waals surface area (Å²) in [5.41, 5.74) is 0. The Hall–Kier alpha value is 0.177. The first-order valence-electron chi connectivity index (χ1n) is 8.67. The van der Waals surface area contributed by atoms with Crippen LogP contribution in [0.15, 0.2) is 0 Å². The Morgan fingerprint density at radius 1 is 0.737 bits per heavy atom. The second-order valence-corrected chi connectivity index (χ2v) is 11.3. The average Bonchev–Trinajstić information content (AvgIpc) is 2.34. The highest BCUT2D eigenvalue weighted by molar-refractivity contribution is 6.69. The number of rotatable bonds is 13. The standard InChI is InChI=1S/C17H38OSi/c1-6-8-9-10-11-12-13-14-15-16-17(7-2)18-19(3,4)5/h17H,6-16H2,1-5H3. The van der Waals surface area contributed by atoms with Crippen LogP contribution in [0.5, 0.6) is 0 Å². The van der Waals surface area contributed by atoms with Gasteiger partial charge in [0.05, 0.1) is 0 Å². The van der Waals surface area contributed by atoms with Crippen molar-refractivity contribution in [1.82, 2.24) is 0 Å². The molecule has 0 amide bonds. The first-order chi connectivity index (χ1) is 8.99. The van der Waals surface area contributed by atoms with Crippen molar-refractivity contribution >= 4 is 8.32 Å². The minimum Gasteiger partial charge on any atom is -0.415 e. The first-order valence-corrected chi connectivity index (χ1v) is 12.1. The molecule has 0 radical (unpaired) electrons. The summed E-state index contributed by atoms with van der Waals surface area (Å²) in [6.07, 6.45) is 15.7. The third-order valence-electron chi connectivity index (χ3n) is 3.61. The van der Waals surface area contributed by atoms with Gasteiger partial charge in [0.15, 0.2) is 8.32 Å². The predicted molar refractivity (Wildman–Crippen MR) is 90.4 cm³/mol. The molecule has 0 N–H and O–H groups in total. The molecule has 0 aliphatic carbocycles. The lowest BCUT2D eigenvalue weighted by Gasteiger charge is -2.25. The smallest absolute Gasteiger partial charge is 0.184 e. The second kappa shape index (κ2) is 12.0. The van der Waals surface area contributed by atoms with Crippen molar-refractivity contribution in [2.45, 2.75) is 110 Å². The SMILES string of the molecule is CCCCCCCCCCCC(CC)O[Si](C)(C)C. The Labute approximate surface area is 123 Å². The van der Waals surface area contributed by atoms with Gasteiger partial charge in [0.2, 0.25) is 0 Å². The molecule has 2 heteroatoms. The largest absolute Gasteiger partial charge is 0.415 e. The van der Waals surface area contributed by atoms with E-state index in [2.05, 4.69) is 33.5 Å². The van der Waals surface area contributed by atoms with Gasteiger partial charge in [-0.2, -0.15) is 0 Å². The quantitative estimate of drug-likeness (QED) is 0.276. The van der Waals surface area contributed by atoms with Crippen molar-refractivity contribution in [2.75, 3.05) is 0 Å². The van der Waals surface area contributed by atoms with Gasteiger partial charge in [0.1, 0.15) is 0 Å². The monoisotopic (exact) mass is 286 g/mol. The Morgan fingerprint density at radius 2 is 1.21 bits per heavy atom. The molecular weight excluding hydrogens is 248 g/mol. The van der Waals surface area contributed by atoms with Gasteiger partial charge in [0.25, 0.3) is 0 Å². The molecule has 0 aliphatic rings. The van der Waals surface area contributed by atoms with E-state index in [4.69, 9.17) is 4.43 Å². The van der Waals surface area contributed by atoms with Crippen LogP contribution in [0.1, 0.15) is 84.5 Å². The van der Waals surface area contributed by atoms with Gasteiger partial charge in [0, 0.05) is 6.10 Å². The summed E-state index contributed by atoms with van der Waals surface area (Å²) >= 11 is 0. The zero-order valence-electron chi connectivity index (χ0n) is 14.3. The molecule has 0 bridgehead atoms. The maximum atomic E-state index is 6.20. The van der Waals surface area contributed by atoms with Crippen molar-refractivity contribution in [3.05, 3.63) is 0 Å². The summed E-state index contributed by atoms with van der Waals surface area (Å²) in [5.74, 6) is 0. The number of hydrogen-bond acceptors (Lipinski definition) is 1. The Morgan fingerprint density at radius 3 is 1.63 bits per heavy atom. The molecule has 1 atom stereocenters. The molecule has 0 spiro atoms. The van der Waals surface area contributed by atoms with Crippen LogP contribution in [0.3, 0.4) is 0 Å². The van der Waals surface area contributed by atoms with E-state index in [9.17, 15) is 0 Å². The van der Waals surface area contributed by atoms with E-state index in [0.29, 0.717) is 6.10 Å². The molecular formula is C17H38OSi. The number of unbranched alkanes of at least 4 members (excludes halogenated alkanes) is 8. The molecule has 0 aromatic heterocycles. The summed E-state index contributed by atoms with van der Waals surface area (Å²) in [7, 11) is -1.34. The Balaban J connectivity index is 3.36. The molecule has 0 heterocycles. The van der Waals surface area contributed by atoms with Crippen LogP contribution < -0.4 is 0 Å². The maximum absolute atomic E-state index is 6.20. The highest BCUT2D eigenvalue weighted by Crippen LogP contribution is 2.17. The highest BCUT2D eigenvalue weighted by Gasteiger charge is 2.19. The fourth-order valence-corrected chi connectivity index (χ4v) is 3.81. The average molecular weight is 287 g/mol. The Kier molecular flexibility index (Phi) is 12.1. The lowest BCUT2D eigenvalue weighted by atomic mass is 10.0. The van der Waals surface area contributed by atoms with Gasteiger partial charge in [-0.05, 0) is 32.5 Å². The van der Waals surface area contributed by atoms with Crippen molar-refractivity contribution in [3.8, 4) is 0 Å². The van der Waals surface area contributed by atoms with Crippen LogP contribution in [0.2, 0.25) is 19.6 Å². The molecule has 0 aromatic carbocycles. The summed E-state index contributed by atoms with van der Waals surface area (Å²) in [5, 5.41) is 0. The van der Waals surface area contributed by atoms with Crippen molar-refractivity contribution in [1.29, 1.82) is 0 Å². The van der Waals surface area contributed by atoms with Crippen LogP contribution >= 0.6 is 0 Å². The van der Waals surface area contributed by atoms with Crippen LogP contribution in [0, 0.1) is 0 Å². The fourth-order valence-electron chi connectivity index (χ4n) is 2.53. The van der Waals surface area contributed by atoms with E-state index < -0.39 is 8.32 Å². The van der Waals surface area contributed by atoms with E-state index in [-0.39, 0.29) is 0 Å². The minimum absolute atomic E-state index is 0.524. The zero-order chi connectivity index (χ0) is 14.6. The van der Waals surface area contributed by atoms with E-state index >= 15 is 0 Å². The van der Waals surface area contributed by atoms with Gasteiger partial charge in [-0.15, -0.1) is 0 Å². The van der Waals surface area contributed by atoms with Crippen LogP contribution in [0.25, 0.3) is 0 Å². The molecule has 0 aromatic rings. The molecule has 1 nitrogen and oxygen atoms in total. The van der Waals surface area contributed by atoms with Crippen molar-refractivity contribution < 1.29 is 4.43 Å². The topological polar surface area (TPSA) is 9.23 Å². The lowest BCUT2D eigenvalue weighted by Crippen LogP contribution is -2.31. The molecule has 116 valence electrons. The molecule has 0 saturated heterocycles. The molecule has 0 rings (SSSR count). The van der Waals surface area contributed by atoms with Gasteiger partial charge < -0.3 is 4.43 Å². The fraction of sp³-hybridized carbons (Fsp3) is 1.00. The normalized spacial score (nSPS) is 13.7. The summed E-state index contributed by atoms with van der Waals surface area (Å²) in [4.78, 5) is 0. The summed E-state index contributed by atoms with van der Waals surface area (Å²) < 4.78 is 6.20. The van der Waals surface area contributed by atoms with Gasteiger partial charge in [-0.25, -0.2) is 0 Å². The van der Waals surface area contributed by atoms with E-state index in [1.807, 2.05) is 0 Å². The third-order valence-corrected chi connectivity index (χ3v) is 4.65. The molecule has 0 aliphatic heterocycles. The lowest BCUT2D eigenvalue weighted by molar-refractivity contribution is 0.175. The first kappa shape index (κ1) is 19.2. The third kappa shape index (κ3) is 14.4. The van der Waals surface area contributed by atoms with Crippen LogP contribution in [-0.2, 0) is 4.43 Å². The van der Waals surface area contributed by atoms with Gasteiger partial charge >= 0.3 is 0 Å². The summed E-state index contributed by atoms with van der Waals surface area (Å²) in [6.45, 7) is 11.4. The number of hydrogen-bond donors (Lipinski definition) is 0. The highest BCUT2D eigenvalue weighted by atomic mass is 28.4. The van der Waals surface area contributed by atoms with Crippen LogP contribution in [0.4, 0.5) is 0 Å². The minimum atomic E-state index is -1.34. The van der Waals surface area contributed by atoms with E-state index in [1.165, 1.54) is 70.6 Å². The second-order valence-electron chi connectivity index (χ2n) is 6.88. The van der Waals surface area contributed by atoms with Crippen LogP contribution in [-0.4, -0.2) is 14.4 Å². The zero-order valence-corrected chi connectivity index (χ0v) is 15.3. The molecule has 19 heavy (non-hydrogen) atoms. The van der Waals surface area contributed by atoms with Crippen molar-refractivity contribution in [2.24, 2.45) is 0 Å². The van der Waals surface area contributed by atoms with E-state index in [0.717, 1.165) is 0 Å². The van der Waals surface area contributed by atoms with Gasteiger partial charge in [-0.3, -0.25) is 0 Å². The predicted octanol–water partition coefficient (Wildman–Crippen LogP) is 6.54. The van der Waals surface area contributed by atoms with E-state index in [1.54, 1.807) is 0 Å². The molecule has 0 saturated carbocycles.